The van der Waals surface area contributed by atoms with Crippen LogP contribution < -0.4 is 9.50 Å². The summed E-state index contributed by atoms with van der Waals surface area (Å²) in [6.45, 7) is 9.13. The standard InChI is InChI=1S/C26H29F3N2O5S/c1-6-7-21-20(15-30-24(32)35-25(3,4)5)23(17-10-8-16(2)9-11-17)19-14-18(12-13-22(19)31-21)36-37(33,34)26(27,28)29/h8-14H,6-7,15H2,1-5H3,(H,30,32). The smallest absolute Gasteiger partial charge is 0.444 e. The third-order valence-corrected chi connectivity index (χ3v) is 6.25. The fourth-order valence-electron chi connectivity index (χ4n) is 3.72. The Morgan fingerprint density at radius 3 is 2.27 bits per heavy atom. The Hall–Kier alpha value is -3.34. The van der Waals surface area contributed by atoms with E-state index in [1.807, 2.05) is 38.1 Å². The van der Waals surface area contributed by atoms with E-state index >= 15 is 0 Å². The topological polar surface area (TPSA) is 94.6 Å². The number of benzene rings is 2. The van der Waals surface area contributed by atoms with Crippen molar-refractivity contribution in [3.8, 4) is 16.9 Å². The molecule has 0 aliphatic heterocycles. The van der Waals surface area contributed by atoms with Gasteiger partial charge in [-0.3, -0.25) is 4.98 Å². The maximum atomic E-state index is 12.9. The van der Waals surface area contributed by atoms with Crippen molar-refractivity contribution in [3.63, 3.8) is 0 Å². The van der Waals surface area contributed by atoms with E-state index in [2.05, 4.69) is 14.5 Å². The summed E-state index contributed by atoms with van der Waals surface area (Å²) >= 11 is 0. The number of carbonyl (C=O) groups excluding carboxylic acids is 1. The van der Waals surface area contributed by atoms with Gasteiger partial charge >= 0.3 is 21.7 Å². The molecule has 7 nitrogen and oxygen atoms in total. The molecule has 1 heterocycles. The van der Waals surface area contributed by atoms with Crippen molar-refractivity contribution in [3.05, 3.63) is 59.3 Å². The van der Waals surface area contributed by atoms with Crippen LogP contribution in [0.15, 0.2) is 42.5 Å². The zero-order valence-electron chi connectivity index (χ0n) is 21.2. The Kier molecular flexibility index (Phi) is 8.06. The van der Waals surface area contributed by atoms with E-state index in [1.54, 1.807) is 20.8 Å². The van der Waals surface area contributed by atoms with Gasteiger partial charge in [0.15, 0.2) is 0 Å². The summed E-state index contributed by atoms with van der Waals surface area (Å²) < 4.78 is 71.8. The zero-order valence-corrected chi connectivity index (χ0v) is 22.0. The lowest BCUT2D eigenvalue weighted by molar-refractivity contribution is -0.0500. The van der Waals surface area contributed by atoms with Gasteiger partial charge in [0.1, 0.15) is 11.4 Å². The lowest BCUT2D eigenvalue weighted by Crippen LogP contribution is -2.32. The first kappa shape index (κ1) is 28.2. The third-order valence-electron chi connectivity index (χ3n) is 5.27. The molecule has 0 fully saturated rings. The predicted octanol–water partition coefficient (Wildman–Crippen LogP) is 6.42. The number of aromatic nitrogens is 1. The Bertz CT molecular complexity index is 1400. The van der Waals surface area contributed by atoms with Gasteiger partial charge in [-0.05, 0) is 63.4 Å². The number of hydrogen-bond acceptors (Lipinski definition) is 6. The lowest BCUT2D eigenvalue weighted by Gasteiger charge is -2.22. The average molecular weight is 539 g/mol. The summed E-state index contributed by atoms with van der Waals surface area (Å²) in [6.07, 6.45) is 0.676. The Labute approximate surface area is 214 Å². The summed E-state index contributed by atoms with van der Waals surface area (Å²) in [5, 5.41) is 3.11. The molecule has 0 spiro atoms. The molecule has 3 aromatic rings. The Morgan fingerprint density at radius 1 is 1.05 bits per heavy atom. The van der Waals surface area contributed by atoms with Gasteiger partial charge in [0.05, 0.1) is 5.52 Å². The fraction of sp³-hybridized carbons (Fsp3) is 0.385. The van der Waals surface area contributed by atoms with E-state index in [1.165, 1.54) is 12.1 Å². The zero-order chi connectivity index (χ0) is 27.6. The molecule has 0 unspecified atom stereocenters. The number of alkyl halides is 3. The Morgan fingerprint density at radius 2 is 1.70 bits per heavy atom. The lowest BCUT2D eigenvalue weighted by atomic mass is 9.92. The minimum atomic E-state index is -5.86. The van der Waals surface area contributed by atoms with Gasteiger partial charge in [-0.2, -0.15) is 21.6 Å². The molecule has 11 heteroatoms. The number of fused-ring (bicyclic) bond motifs is 1. The van der Waals surface area contributed by atoms with Crippen LogP contribution in [0.5, 0.6) is 5.75 Å². The summed E-state index contributed by atoms with van der Waals surface area (Å²) in [6, 6.07) is 11.2. The molecule has 1 amide bonds. The number of pyridine rings is 1. The molecule has 0 aliphatic rings. The van der Waals surface area contributed by atoms with Crippen molar-refractivity contribution < 1.29 is 35.3 Å². The van der Waals surface area contributed by atoms with Crippen LogP contribution >= 0.6 is 0 Å². The first-order valence-electron chi connectivity index (χ1n) is 11.6. The van der Waals surface area contributed by atoms with Crippen LogP contribution in [0.4, 0.5) is 18.0 Å². The van der Waals surface area contributed by atoms with Crippen molar-refractivity contribution in [2.75, 3.05) is 0 Å². The van der Waals surface area contributed by atoms with Gasteiger partial charge < -0.3 is 14.2 Å². The molecule has 200 valence electrons. The quantitative estimate of drug-likeness (QED) is 0.276. The van der Waals surface area contributed by atoms with Crippen LogP contribution in [0.1, 0.15) is 50.9 Å². The molecule has 0 saturated carbocycles. The highest BCUT2D eigenvalue weighted by molar-refractivity contribution is 7.88. The van der Waals surface area contributed by atoms with Crippen LogP contribution in [0, 0.1) is 6.92 Å². The van der Waals surface area contributed by atoms with Crippen LogP contribution in [0.2, 0.25) is 0 Å². The molecule has 0 atom stereocenters. The van der Waals surface area contributed by atoms with E-state index in [4.69, 9.17) is 4.74 Å². The number of alkyl carbamates (subject to hydrolysis) is 1. The summed E-state index contributed by atoms with van der Waals surface area (Å²) in [5.41, 5.74) is -2.22. The molecule has 0 radical (unpaired) electrons. The molecule has 1 aromatic heterocycles. The number of nitrogens with one attached hydrogen (secondary N) is 1. The van der Waals surface area contributed by atoms with Crippen molar-refractivity contribution in [1.29, 1.82) is 0 Å². The number of aryl methyl sites for hydroxylation is 2. The maximum absolute atomic E-state index is 12.9. The fourth-order valence-corrected chi connectivity index (χ4v) is 4.17. The predicted molar refractivity (Wildman–Crippen MR) is 135 cm³/mol. The highest BCUT2D eigenvalue weighted by atomic mass is 32.2. The Balaban J connectivity index is 2.22. The summed E-state index contributed by atoms with van der Waals surface area (Å²) in [7, 11) is -5.86. The van der Waals surface area contributed by atoms with Gasteiger partial charge in [-0.25, -0.2) is 4.79 Å². The molecular weight excluding hydrogens is 509 g/mol. The molecule has 3 rings (SSSR count). The van der Waals surface area contributed by atoms with Crippen molar-refractivity contribution in [1.82, 2.24) is 10.3 Å². The number of amides is 1. The molecule has 0 bridgehead atoms. The maximum Gasteiger partial charge on any atom is 0.534 e. The second-order valence-electron chi connectivity index (χ2n) is 9.55. The molecule has 0 saturated heterocycles. The van der Waals surface area contributed by atoms with Crippen LogP contribution in [-0.2, 0) is 27.8 Å². The minimum absolute atomic E-state index is 0.0301. The van der Waals surface area contributed by atoms with Crippen molar-refractivity contribution in [2.24, 2.45) is 0 Å². The van der Waals surface area contributed by atoms with E-state index < -0.39 is 33.1 Å². The number of nitrogens with zero attached hydrogens (tertiary/aromatic N) is 1. The SMILES string of the molecule is CCCc1nc2ccc(OS(=O)(=O)C(F)(F)F)cc2c(-c2ccc(C)cc2)c1CNC(=O)OC(C)(C)C. The molecule has 0 aliphatic carbocycles. The summed E-state index contributed by atoms with van der Waals surface area (Å²) in [4.78, 5) is 17.1. The van der Waals surface area contributed by atoms with Crippen LogP contribution in [0.3, 0.4) is 0 Å². The van der Waals surface area contributed by atoms with Crippen LogP contribution in [0.25, 0.3) is 22.0 Å². The first-order chi connectivity index (χ1) is 17.1. The van der Waals surface area contributed by atoms with Gasteiger partial charge in [0.2, 0.25) is 0 Å². The molecule has 1 N–H and O–H groups in total. The van der Waals surface area contributed by atoms with Gasteiger partial charge in [-0.15, -0.1) is 0 Å². The average Bonchev–Trinajstić information content (AvgIpc) is 2.76. The normalized spacial score (nSPS) is 12.4. The number of hydrogen-bond donors (Lipinski definition) is 1. The first-order valence-corrected chi connectivity index (χ1v) is 13.0. The summed E-state index contributed by atoms with van der Waals surface area (Å²) in [5.74, 6) is -0.505. The number of carbonyl (C=O) groups is 1. The van der Waals surface area contributed by atoms with Crippen LogP contribution in [-0.4, -0.2) is 30.6 Å². The molecule has 2 aromatic carbocycles. The van der Waals surface area contributed by atoms with E-state index in [-0.39, 0.29) is 6.54 Å². The number of ether oxygens (including phenoxy) is 1. The minimum Gasteiger partial charge on any atom is -0.444 e. The highest BCUT2D eigenvalue weighted by Crippen LogP contribution is 2.37. The van der Waals surface area contributed by atoms with E-state index in [9.17, 15) is 26.4 Å². The number of rotatable bonds is 7. The van der Waals surface area contributed by atoms with E-state index in [0.29, 0.717) is 39.7 Å². The largest absolute Gasteiger partial charge is 0.534 e. The van der Waals surface area contributed by atoms with Crippen molar-refractivity contribution in [2.45, 2.75) is 65.1 Å². The van der Waals surface area contributed by atoms with Gasteiger partial charge in [-0.1, -0.05) is 43.2 Å². The second-order valence-corrected chi connectivity index (χ2v) is 11.1. The molecular formula is C26H29F3N2O5S. The van der Waals surface area contributed by atoms with Gasteiger partial charge in [0.25, 0.3) is 0 Å². The third kappa shape index (κ3) is 6.91. The molecule has 37 heavy (non-hydrogen) atoms. The van der Waals surface area contributed by atoms with Crippen molar-refractivity contribution >= 4 is 27.1 Å². The second kappa shape index (κ2) is 10.6. The monoisotopic (exact) mass is 538 g/mol. The highest BCUT2D eigenvalue weighted by Gasteiger charge is 2.48. The van der Waals surface area contributed by atoms with E-state index in [0.717, 1.165) is 18.1 Å². The number of halogens is 3. The van der Waals surface area contributed by atoms with Gasteiger partial charge in [0, 0.05) is 23.2 Å².